The van der Waals surface area contributed by atoms with E-state index < -0.39 is 28.8 Å². The lowest BCUT2D eigenvalue weighted by Gasteiger charge is -2.18. The van der Waals surface area contributed by atoms with Gasteiger partial charge in [0.15, 0.2) is 17.2 Å². The summed E-state index contributed by atoms with van der Waals surface area (Å²) in [6, 6.07) is 2.99. The van der Waals surface area contributed by atoms with Crippen LogP contribution in [0.2, 0.25) is 0 Å². The minimum absolute atomic E-state index is 0.593. The Morgan fingerprint density at radius 3 is 2.50 bits per heavy atom. The lowest BCUT2D eigenvalue weighted by atomic mass is 9.95. The molecule has 0 aliphatic carbocycles. The zero-order valence-corrected chi connectivity index (χ0v) is 7.29. The zero-order valence-electron chi connectivity index (χ0n) is 7.29. The molecule has 0 saturated carbocycles. The molecule has 14 heavy (non-hydrogen) atoms. The molecule has 1 rings (SSSR count). The van der Waals surface area contributed by atoms with Gasteiger partial charge in [-0.3, -0.25) is 0 Å². The van der Waals surface area contributed by atoms with Gasteiger partial charge in [0.2, 0.25) is 0 Å². The number of hydrogen-bond acceptors (Lipinski definition) is 2. The highest BCUT2D eigenvalue weighted by Crippen LogP contribution is 2.24. The quantitative estimate of drug-likeness (QED) is 0.758. The molecule has 76 valence electrons. The van der Waals surface area contributed by atoms with E-state index in [4.69, 9.17) is 5.11 Å². The lowest BCUT2D eigenvalue weighted by molar-refractivity contribution is -0.157. The highest BCUT2D eigenvalue weighted by Gasteiger charge is 2.35. The first-order valence-corrected chi connectivity index (χ1v) is 3.77. The number of carboxylic acids is 1. The fourth-order valence-electron chi connectivity index (χ4n) is 0.995. The lowest BCUT2D eigenvalue weighted by Crippen LogP contribution is -2.33. The first-order valence-electron chi connectivity index (χ1n) is 3.77. The van der Waals surface area contributed by atoms with Gasteiger partial charge in [-0.25, -0.2) is 13.6 Å². The van der Waals surface area contributed by atoms with Crippen molar-refractivity contribution in [1.82, 2.24) is 0 Å². The Bertz CT molecular complexity index is 374. The SMILES string of the molecule is C[C@@](O)(C(=O)O)c1cccc(F)c1F. The molecule has 0 fully saturated rings. The monoisotopic (exact) mass is 202 g/mol. The van der Waals surface area contributed by atoms with Crippen LogP contribution in [-0.4, -0.2) is 16.2 Å². The molecule has 0 radical (unpaired) electrons. The van der Waals surface area contributed by atoms with Crippen molar-refractivity contribution in [2.24, 2.45) is 0 Å². The Morgan fingerprint density at radius 1 is 1.43 bits per heavy atom. The Balaban J connectivity index is 3.33. The number of benzene rings is 1. The van der Waals surface area contributed by atoms with Crippen LogP contribution in [0.25, 0.3) is 0 Å². The van der Waals surface area contributed by atoms with Crippen molar-refractivity contribution in [3.63, 3.8) is 0 Å². The van der Waals surface area contributed by atoms with Gasteiger partial charge >= 0.3 is 5.97 Å². The van der Waals surface area contributed by atoms with Gasteiger partial charge in [-0.05, 0) is 13.0 Å². The van der Waals surface area contributed by atoms with Gasteiger partial charge in [0.25, 0.3) is 0 Å². The second kappa shape index (κ2) is 3.34. The van der Waals surface area contributed by atoms with Crippen LogP contribution in [0.1, 0.15) is 12.5 Å². The molecule has 1 atom stereocenters. The zero-order chi connectivity index (χ0) is 10.9. The van der Waals surface area contributed by atoms with Crippen molar-refractivity contribution >= 4 is 5.97 Å². The van der Waals surface area contributed by atoms with Crippen LogP contribution < -0.4 is 0 Å². The van der Waals surface area contributed by atoms with Crippen LogP contribution >= 0.6 is 0 Å². The van der Waals surface area contributed by atoms with E-state index in [0.29, 0.717) is 0 Å². The van der Waals surface area contributed by atoms with Gasteiger partial charge in [-0.2, -0.15) is 0 Å². The summed E-state index contributed by atoms with van der Waals surface area (Å²) in [7, 11) is 0. The average molecular weight is 202 g/mol. The summed E-state index contributed by atoms with van der Waals surface area (Å²) in [5.41, 5.74) is -3.02. The van der Waals surface area contributed by atoms with E-state index in [-0.39, 0.29) is 0 Å². The summed E-state index contributed by atoms with van der Waals surface area (Å²) < 4.78 is 25.8. The van der Waals surface area contributed by atoms with Gasteiger partial charge in [-0.1, -0.05) is 12.1 Å². The van der Waals surface area contributed by atoms with Gasteiger partial charge < -0.3 is 10.2 Å². The Hall–Kier alpha value is -1.49. The van der Waals surface area contributed by atoms with Crippen LogP contribution in [-0.2, 0) is 10.4 Å². The van der Waals surface area contributed by atoms with E-state index in [0.717, 1.165) is 25.1 Å². The Kier molecular flexibility index (Phi) is 2.53. The molecule has 1 aromatic rings. The summed E-state index contributed by atoms with van der Waals surface area (Å²) in [5.74, 6) is -4.18. The second-order valence-electron chi connectivity index (χ2n) is 2.98. The van der Waals surface area contributed by atoms with Gasteiger partial charge in [-0.15, -0.1) is 0 Å². The van der Waals surface area contributed by atoms with Gasteiger partial charge in [0, 0.05) is 5.56 Å². The van der Waals surface area contributed by atoms with Crippen LogP contribution in [0, 0.1) is 11.6 Å². The molecule has 0 aliphatic heterocycles. The number of aliphatic hydroxyl groups is 1. The molecule has 0 aliphatic rings. The number of carboxylic acid groups (broad SMARTS) is 1. The van der Waals surface area contributed by atoms with E-state index in [1.165, 1.54) is 0 Å². The summed E-state index contributed by atoms with van der Waals surface area (Å²) in [5, 5.41) is 17.9. The van der Waals surface area contributed by atoms with Crippen molar-refractivity contribution in [2.45, 2.75) is 12.5 Å². The smallest absolute Gasteiger partial charge is 0.340 e. The first kappa shape index (κ1) is 10.6. The highest BCUT2D eigenvalue weighted by molar-refractivity contribution is 5.78. The van der Waals surface area contributed by atoms with E-state index in [9.17, 15) is 18.7 Å². The van der Waals surface area contributed by atoms with Crippen LogP contribution in [0.3, 0.4) is 0 Å². The van der Waals surface area contributed by atoms with Crippen LogP contribution in [0.4, 0.5) is 8.78 Å². The number of hydrogen-bond donors (Lipinski definition) is 2. The number of halogens is 2. The molecule has 0 aromatic heterocycles. The van der Waals surface area contributed by atoms with E-state index >= 15 is 0 Å². The largest absolute Gasteiger partial charge is 0.479 e. The fourth-order valence-corrected chi connectivity index (χ4v) is 0.995. The van der Waals surface area contributed by atoms with Crippen molar-refractivity contribution in [3.05, 3.63) is 35.4 Å². The van der Waals surface area contributed by atoms with Crippen molar-refractivity contribution in [3.8, 4) is 0 Å². The fraction of sp³-hybridized carbons (Fsp3) is 0.222. The minimum Gasteiger partial charge on any atom is -0.479 e. The standard InChI is InChI=1S/C9H8F2O3/c1-9(14,8(12)13)5-3-2-4-6(10)7(5)11/h2-4,14H,1H3,(H,12,13)/t9-/m0/s1. The summed E-state index contributed by atoms with van der Waals surface area (Å²) >= 11 is 0. The molecule has 0 saturated heterocycles. The Labute approximate surface area is 78.6 Å². The summed E-state index contributed by atoms with van der Waals surface area (Å²) in [4.78, 5) is 10.5. The molecule has 0 heterocycles. The predicted molar refractivity (Wildman–Crippen MR) is 43.6 cm³/mol. The van der Waals surface area contributed by atoms with E-state index in [1.54, 1.807) is 0 Å². The Morgan fingerprint density at radius 2 is 2.00 bits per heavy atom. The first-order chi connectivity index (χ1) is 6.37. The number of aliphatic carboxylic acids is 1. The van der Waals surface area contributed by atoms with Gasteiger partial charge in [0.05, 0.1) is 0 Å². The number of carbonyl (C=O) groups is 1. The van der Waals surface area contributed by atoms with Crippen molar-refractivity contribution < 1.29 is 23.8 Å². The minimum atomic E-state index is -2.42. The third kappa shape index (κ3) is 1.58. The third-order valence-electron chi connectivity index (χ3n) is 1.89. The van der Waals surface area contributed by atoms with Gasteiger partial charge in [0.1, 0.15) is 0 Å². The molecule has 0 amide bonds. The maximum atomic E-state index is 13.1. The summed E-state index contributed by atoms with van der Waals surface area (Å²) in [6.45, 7) is 0.882. The molecule has 0 spiro atoms. The van der Waals surface area contributed by atoms with Crippen molar-refractivity contribution in [2.75, 3.05) is 0 Å². The molecular formula is C9H8F2O3. The average Bonchev–Trinajstić information content (AvgIpc) is 2.09. The predicted octanol–water partition coefficient (Wildman–Crippen LogP) is 1.26. The molecule has 0 bridgehead atoms. The highest BCUT2D eigenvalue weighted by atomic mass is 19.2. The van der Waals surface area contributed by atoms with Crippen LogP contribution in [0.15, 0.2) is 18.2 Å². The maximum absolute atomic E-state index is 13.1. The van der Waals surface area contributed by atoms with E-state index in [1.807, 2.05) is 0 Å². The normalized spacial score (nSPS) is 14.9. The third-order valence-corrected chi connectivity index (χ3v) is 1.89. The second-order valence-corrected chi connectivity index (χ2v) is 2.98. The molecule has 2 N–H and O–H groups in total. The molecule has 0 unspecified atom stereocenters. The van der Waals surface area contributed by atoms with Crippen LogP contribution in [0.5, 0.6) is 0 Å². The molecular weight excluding hydrogens is 194 g/mol. The maximum Gasteiger partial charge on any atom is 0.340 e. The molecule has 1 aromatic carbocycles. The molecule has 5 heteroatoms. The molecule has 3 nitrogen and oxygen atoms in total. The number of rotatable bonds is 2. The van der Waals surface area contributed by atoms with Crippen molar-refractivity contribution in [1.29, 1.82) is 0 Å². The van der Waals surface area contributed by atoms with E-state index in [2.05, 4.69) is 0 Å². The summed E-state index contributed by atoms with van der Waals surface area (Å²) in [6.07, 6.45) is 0. The topological polar surface area (TPSA) is 57.5 Å².